The Morgan fingerprint density at radius 3 is 2.36 bits per heavy atom. The van der Waals surface area contributed by atoms with Crippen LogP contribution in [0.2, 0.25) is 0 Å². The Labute approximate surface area is 132 Å². The molecule has 0 aromatic carbocycles. The Hall–Kier alpha value is -1.69. The Morgan fingerprint density at radius 1 is 1.27 bits per heavy atom. The third kappa shape index (κ3) is 4.16. The molecule has 1 fully saturated rings. The van der Waals surface area contributed by atoms with Crippen molar-refractivity contribution in [3.05, 3.63) is 18.5 Å². The van der Waals surface area contributed by atoms with Crippen LogP contribution in [0.25, 0.3) is 0 Å². The molecule has 0 unspecified atom stereocenters. The second-order valence-corrected chi connectivity index (χ2v) is 6.47. The van der Waals surface area contributed by atoms with Crippen LogP contribution < -0.4 is 10.2 Å². The first-order valence-corrected chi connectivity index (χ1v) is 7.97. The third-order valence-electron chi connectivity index (χ3n) is 4.13. The zero-order valence-electron chi connectivity index (χ0n) is 14.0. The Bertz CT molecular complexity index is 461. The van der Waals surface area contributed by atoms with E-state index in [9.17, 15) is 4.79 Å². The van der Waals surface area contributed by atoms with Crippen LogP contribution >= 0.6 is 0 Å². The number of hydrogen-bond acceptors (Lipinski definition) is 5. The number of carbonyl (C=O) groups is 1. The van der Waals surface area contributed by atoms with Gasteiger partial charge in [-0.2, -0.15) is 0 Å². The fourth-order valence-electron chi connectivity index (χ4n) is 3.10. The molecule has 1 amide bonds. The number of likely N-dealkylation sites (N-methyl/N-ethyl adjacent to an activating group) is 1. The zero-order chi connectivity index (χ0) is 16.1. The smallest absolute Gasteiger partial charge is 0.237 e. The second kappa shape index (κ2) is 7.54. The van der Waals surface area contributed by atoms with Gasteiger partial charge >= 0.3 is 0 Å². The van der Waals surface area contributed by atoms with Crippen LogP contribution in [-0.2, 0) is 4.79 Å². The molecule has 2 rings (SSSR count). The number of nitrogens with one attached hydrogen (secondary N) is 1. The quantitative estimate of drug-likeness (QED) is 0.884. The van der Waals surface area contributed by atoms with Gasteiger partial charge in [0.25, 0.3) is 0 Å². The number of aromatic nitrogens is 2. The highest BCUT2D eigenvalue weighted by molar-refractivity contribution is 5.82. The van der Waals surface area contributed by atoms with Crippen molar-refractivity contribution in [2.75, 3.05) is 32.1 Å². The second-order valence-electron chi connectivity index (χ2n) is 6.47. The number of rotatable bonds is 5. The molecule has 0 saturated carbocycles. The first kappa shape index (κ1) is 16.7. The highest BCUT2D eigenvalue weighted by Crippen LogP contribution is 2.16. The first-order chi connectivity index (χ1) is 10.5. The SMILES string of the molecule is CC(C)[C@H](C(=O)NC1CCN(c2ncccn2)CC1)N(C)C. The van der Waals surface area contributed by atoms with Crippen LogP contribution in [0.4, 0.5) is 5.95 Å². The van der Waals surface area contributed by atoms with Crippen LogP contribution in [0.5, 0.6) is 0 Å². The molecule has 1 aliphatic rings. The lowest BCUT2D eigenvalue weighted by Gasteiger charge is -2.34. The predicted octanol–water partition coefficient (Wildman–Crippen LogP) is 1.15. The minimum atomic E-state index is -0.0736. The van der Waals surface area contributed by atoms with Gasteiger partial charge in [-0.15, -0.1) is 0 Å². The summed E-state index contributed by atoms with van der Waals surface area (Å²) in [4.78, 5) is 25.2. The lowest BCUT2D eigenvalue weighted by Crippen LogP contribution is -2.52. The topological polar surface area (TPSA) is 61.4 Å². The summed E-state index contributed by atoms with van der Waals surface area (Å²) in [6.07, 6.45) is 5.39. The Morgan fingerprint density at radius 2 is 1.86 bits per heavy atom. The van der Waals surface area contributed by atoms with E-state index in [4.69, 9.17) is 0 Å². The van der Waals surface area contributed by atoms with Crippen molar-refractivity contribution in [3.8, 4) is 0 Å². The van der Waals surface area contributed by atoms with E-state index in [0.29, 0.717) is 5.92 Å². The van der Waals surface area contributed by atoms with E-state index >= 15 is 0 Å². The molecule has 1 saturated heterocycles. The molecule has 0 bridgehead atoms. The standard InChI is InChI=1S/C16H27N5O/c1-12(2)14(20(3)4)15(22)19-13-6-10-21(11-7-13)16-17-8-5-9-18-16/h5,8-9,12-14H,6-7,10-11H2,1-4H3,(H,19,22)/t14-/m1/s1. The summed E-state index contributed by atoms with van der Waals surface area (Å²) in [6.45, 7) is 5.92. The van der Waals surface area contributed by atoms with E-state index < -0.39 is 0 Å². The van der Waals surface area contributed by atoms with E-state index in [1.807, 2.05) is 25.1 Å². The summed E-state index contributed by atoms with van der Waals surface area (Å²) in [5, 5.41) is 3.21. The molecule has 1 atom stereocenters. The molecule has 6 nitrogen and oxygen atoms in total. The van der Waals surface area contributed by atoms with Crippen molar-refractivity contribution >= 4 is 11.9 Å². The molecule has 22 heavy (non-hydrogen) atoms. The van der Waals surface area contributed by atoms with Crippen molar-refractivity contribution in [2.24, 2.45) is 5.92 Å². The van der Waals surface area contributed by atoms with Gasteiger partial charge in [0, 0.05) is 31.5 Å². The molecular formula is C16H27N5O. The van der Waals surface area contributed by atoms with E-state index in [0.717, 1.165) is 31.9 Å². The predicted molar refractivity (Wildman–Crippen MR) is 87.7 cm³/mol. The lowest BCUT2D eigenvalue weighted by atomic mass is 10.00. The van der Waals surface area contributed by atoms with Crippen molar-refractivity contribution < 1.29 is 4.79 Å². The van der Waals surface area contributed by atoms with Gasteiger partial charge in [0.15, 0.2) is 0 Å². The van der Waals surface area contributed by atoms with E-state index in [2.05, 4.69) is 34.0 Å². The number of hydrogen-bond donors (Lipinski definition) is 1. The molecule has 2 heterocycles. The third-order valence-corrected chi connectivity index (χ3v) is 4.13. The van der Waals surface area contributed by atoms with Crippen LogP contribution in [0.15, 0.2) is 18.5 Å². The molecule has 0 aliphatic carbocycles. The van der Waals surface area contributed by atoms with Gasteiger partial charge in [0.1, 0.15) is 0 Å². The molecule has 1 aromatic heterocycles. The van der Waals surface area contributed by atoms with Gasteiger partial charge in [0.2, 0.25) is 11.9 Å². The average molecular weight is 305 g/mol. The average Bonchev–Trinajstić information content (AvgIpc) is 2.48. The summed E-state index contributed by atoms with van der Waals surface area (Å²) in [7, 11) is 3.92. The van der Waals surface area contributed by atoms with Crippen LogP contribution in [0.3, 0.4) is 0 Å². The first-order valence-electron chi connectivity index (χ1n) is 7.97. The van der Waals surface area contributed by atoms with Gasteiger partial charge in [-0.25, -0.2) is 9.97 Å². The van der Waals surface area contributed by atoms with Gasteiger partial charge in [0.05, 0.1) is 6.04 Å². The number of piperidine rings is 1. The van der Waals surface area contributed by atoms with Crippen molar-refractivity contribution in [3.63, 3.8) is 0 Å². The molecule has 0 radical (unpaired) electrons. The minimum Gasteiger partial charge on any atom is -0.352 e. The number of carbonyl (C=O) groups excluding carboxylic acids is 1. The molecule has 1 aliphatic heterocycles. The molecular weight excluding hydrogens is 278 g/mol. The van der Waals surface area contributed by atoms with Crippen molar-refractivity contribution in [1.29, 1.82) is 0 Å². The van der Waals surface area contributed by atoms with E-state index in [-0.39, 0.29) is 18.0 Å². The summed E-state index contributed by atoms with van der Waals surface area (Å²) in [6, 6.07) is 1.99. The molecule has 1 aromatic rings. The number of anilines is 1. The van der Waals surface area contributed by atoms with Crippen LogP contribution in [0.1, 0.15) is 26.7 Å². The summed E-state index contributed by atoms with van der Waals surface area (Å²) < 4.78 is 0. The Kier molecular flexibility index (Phi) is 5.71. The maximum absolute atomic E-state index is 12.5. The van der Waals surface area contributed by atoms with Gasteiger partial charge in [-0.05, 0) is 38.9 Å². The van der Waals surface area contributed by atoms with Gasteiger partial charge in [-0.3, -0.25) is 9.69 Å². The van der Waals surface area contributed by atoms with Crippen LogP contribution in [-0.4, -0.2) is 60.0 Å². The van der Waals surface area contributed by atoms with E-state index in [1.54, 1.807) is 12.4 Å². The fourth-order valence-corrected chi connectivity index (χ4v) is 3.10. The highest BCUT2D eigenvalue weighted by Gasteiger charge is 2.28. The molecule has 1 N–H and O–H groups in total. The molecule has 6 heteroatoms. The van der Waals surface area contributed by atoms with Crippen molar-refractivity contribution in [2.45, 2.75) is 38.8 Å². The summed E-state index contributed by atoms with van der Waals surface area (Å²) in [5.41, 5.74) is 0. The van der Waals surface area contributed by atoms with Crippen molar-refractivity contribution in [1.82, 2.24) is 20.2 Å². The number of nitrogens with zero attached hydrogens (tertiary/aromatic N) is 4. The van der Waals surface area contributed by atoms with Gasteiger partial charge < -0.3 is 10.2 Å². The normalized spacial score (nSPS) is 17.8. The summed E-state index contributed by atoms with van der Waals surface area (Å²) >= 11 is 0. The van der Waals surface area contributed by atoms with Gasteiger partial charge in [-0.1, -0.05) is 13.8 Å². The molecule has 122 valence electrons. The van der Waals surface area contributed by atoms with Crippen LogP contribution in [0, 0.1) is 5.92 Å². The minimum absolute atomic E-state index is 0.0736. The maximum Gasteiger partial charge on any atom is 0.237 e. The number of amides is 1. The Balaban J connectivity index is 1.86. The monoisotopic (exact) mass is 305 g/mol. The maximum atomic E-state index is 12.5. The fraction of sp³-hybridized carbons (Fsp3) is 0.688. The largest absolute Gasteiger partial charge is 0.352 e. The van der Waals surface area contributed by atoms with E-state index in [1.165, 1.54) is 0 Å². The molecule has 0 spiro atoms. The highest BCUT2D eigenvalue weighted by atomic mass is 16.2. The zero-order valence-corrected chi connectivity index (χ0v) is 14.0. The lowest BCUT2D eigenvalue weighted by molar-refractivity contribution is -0.127. The summed E-state index contributed by atoms with van der Waals surface area (Å²) in [5.74, 6) is 1.21.